The summed E-state index contributed by atoms with van der Waals surface area (Å²) in [6.45, 7) is 2.66. The van der Waals surface area contributed by atoms with E-state index in [0.29, 0.717) is 0 Å². The third-order valence-electron chi connectivity index (χ3n) is 3.97. The number of nitrogens with zero attached hydrogens (tertiary/aromatic N) is 2. The first-order valence-corrected chi connectivity index (χ1v) is 7.12. The van der Waals surface area contributed by atoms with E-state index in [2.05, 4.69) is 29.1 Å². The molecule has 4 nitrogen and oxygen atoms in total. The second-order valence-corrected chi connectivity index (χ2v) is 5.53. The molecule has 0 saturated carbocycles. The third-order valence-corrected chi connectivity index (χ3v) is 3.97. The SMILES string of the molecule is CN1CCOC(C(N)Cc2ccnc3ccccc23)C1. The highest BCUT2D eigenvalue weighted by Gasteiger charge is 2.24. The molecule has 1 aliphatic heterocycles. The van der Waals surface area contributed by atoms with Gasteiger partial charge < -0.3 is 15.4 Å². The molecule has 1 aromatic carbocycles. The summed E-state index contributed by atoms with van der Waals surface area (Å²) in [4.78, 5) is 6.67. The average molecular weight is 271 g/mol. The van der Waals surface area contributed by atoms with Gasteiger partial charge in [0.1, 0.15) is 0 Å². The molecule has 1 aromatic heterocycles. The van der Waals surface area contributed by atoms with Crippen LogP contribution in [0.25, 0.3) is 10.9 Å². The molecule has 106 valence electrons. The predicted molar refractivity (Wildman–Crippen MR) is 80.7 cm³/mol. The van der Waals surface area contributed by atoms with Gasteiger partial charge in [0.25, 0.3) is 0 Å². The van der Waals surface area contributed by atoms with Gasteiger partial charge >= 0.3 is 0 Å². The number of rotatable bonds is 3. The summed E-state index contributed by atoms with van der Waals surface area (Å²) in [5.74, 6) is 0. The van der Waals surface area contributed by atoms with Gasteiger partial charge in [-0.2, -0.15) is 0 Å². The largest absolute Gasteiger partial charge is 0.374 e. The number of ether oxygens (including phenoxy) is 1. The summed E-state index contributed by atoms with van der Waals surface area (Å²) < 4.78 is 5.81. The molecule has 0 amide bonds. The van der Waals surface area contributed by atoms with E-state index in [1.165, 1.54) is 10.9 Å². The minimum atomic E-state index is 0.0172. The summed E-state index contributed by atoms with van der Waals surface area (Å²) in [5.41, 5.74) is 8.64. The van der Waals surface area contributed by atoms with E-state index in [1.54, 1.807) is 0 Å². The number of hydrogen-bond donors (Lipinski definition) is 1. The molecule has 1 aliphatic rings. The van der Waals surface area contributed by atoms with Crippen LogP contribution in [0.3, 0.4) is 0 Å². The molecule has 0 bridgehead atoms. The summed E-state index contributed by atoms with van der Waals surface area (Å²) in [7, 11) is 2.12. The number of likely N-dealkylation sites (N-methyl/N-ethyl adjacent to an activating group) is 1. The molecule has 1 saturated heterocycles. The Labute approximate surface area is 119 Å². The van der Waals surface area contributed by atoms with Crippen molar-refractivity contribution in [2.75, 3.05) is 26.7 Å². The zero-order valence-corrected chi connectivity index (χ0v) is 11.8. The molecule has 2 heterocycles. The monoisotopic (exact) mass is 271 g/mol. The zero-order valence-electron chi connectivity index (χ0n) is 11.8. The predicted octanol–water partition coefficient (Wildman–Crippen LogP) is 1.44. The van der Waals surface area contributed by atoms with Gasteiger partial charge in [0.05, 0.1) is 18.2 Å². The molecule has 2 atom stereocenters. The van der Waals surface area contributed by atoms with E-state index < -0.39 is 0 Å². The highest BCUT2D eigenvalue weighted by molar-refractivity contribution is 5.81. The lowest BCUT2D eigenvalue weighted by atomic mass is 9.98. The molecule has 1 fully saturated rings. The Kier molecular flexibility index (Phi) is 3.96. The lowest BCUT2D eigenvalue weighted by Gasteiger charge is -2.33. The Balaban J connectivity index is 1.78. The van der Waals surface area contributed by atoms with Crippen LogP contribution in [-0.2, 0) is 11.2 Å². The molecule has 0 radical (unpaired) electrons. The Bertz CT molecular complexity index is 581. The van der Waals surface area contributed by atoms with Crippen molar-refractivity contribution in [2.45, 2.75) is 18.6 Å². The van der Waals surface area contributed by atoms with Crippen LogP contribution in [0.1, 0.15) is 5.56 Å². The average Bonchev–Trinajstić information content (AvgIpc) is 2.47. The first kappa shape index (κ1) is 13.5. The number of para-hydroxylation sites is 1. The fraction of sp³-hybridized carbons (Fsp3) is 0.438. The first-order chi connectivity index (χ1) is 9.74. The van der Waals surface area contributed by atoms with Crippen LogP contribution >= 0.6 is 0 Å². The van der Waals surface area contributed by atoms with E-state index in [0.717, 1.165) is 31.6 Å². The van der Waals surface area contributed by atoms with Crippen molar-refractivity contribution in [3.63, 3.8) is 0 Å². The number of benzene rings is 1. The Morgan fingerprint density at radius 2 is 2.25 bits per heavy atom. The van der Waals surface area contributed by atoms with Gasteiger partial charge in [-0.25, -0.2) is 0 Å². The topological polar surface area (TPSA) is 51.4 Å². The Morgan fingerprint density at radius 3 is 3.10 bits per heavy atom. The third kappa shape index (κ3) is 2.82. The number of aromatic nitrogens is 1. The van der Waals surface area contributed by atoms with Crippen molar-refractivity contribution >= 4 is 10.9 Å². The van der Waals surface area contributed by atoms with Gasteiger partial charge in [-0.15, -0.1) is 0 Å². The number of hydrogen-bond acceptors (Lipinski definition) is 4. The van der Waals surface area contributed by atoms with Gasteiger partial charge in [-0.05, 0) is 31.2 Å². The summed E-state index contributed by atoms with van der Waals surface area (Å²) in [5, 5.41) is 1.19. The van der Waals surface area contributed by atoms with Crippen molar-refractivity contribution in [2.24, 2.45) is 5.73 Å². The lowest BCUT2D eigenvalue weighted by molar-refractivity contribution is -0.0318. The van der Waals surface area contributed by atoms with Crippen molar-refractivity contribution < 1.29 is 4.74 Å². The quantitative estimate of drug-likeness (QED) is 0.917. The van der Waals surface area contributed by atoms with Crippen molar-refractivity contribution in [3.8, 4) is 0 Å². The fourth-order valence-electron chi connectivity index (χ4n) is 2.79. The molecule has 2 aromatic rings. The van der Waals surface area contributed by atoms with Crippen LogP contribution in [0.15, 0.2) is 36.5 Å². The highest BCUT2D eigenvalue weighted by Crippen LogP contribution is 2.19. The molecule has 2 unspecified atom stereocenters. The standard InChI is InChI=1S/C16H21N3O/c1-19-8-9-20-16(11-19)14(17)10-12-6-7-18-15-5-3-2-4-13(12)15/h2-7,14,16H,8-11,17H2,1H3. The minimum absolute atomic E-state index is 0.0172. The first-order valence-electron chi connectivity index (χ1n) is 7.12. The smallest absolute Gasteiger partial charge is 0.0856 e. The van der Waals surface area contributed by atoms with Crippen LogP contribution < -0.4 is 5.73 Å². The molecular formula is C16H21N3O. The zero-order chi connectivity index (χ0) is 13.9. The maximum atomic E-state index is 6.36. The normalized spacial score (nSPS) is 22.0. The van der Waals surface area contributed by atoms with E-state index in [-0.39, 0.29) is 12.1 Å². The lowest BCUT2D eigenvalue weighted by Crippen LogP contribution is -2.50. The van der Waals surface area contributed by atoms with Crippen molar-refractivity contribution in [3.05, 3.63) is 42.1 Å². The number of nitrogens with two attached hydrogens (primary N) is 1. The Morgan fingerprint density at radius 1 is 1.40 bits per heavy atom. The van der Waals surface area contributed by atoms with E-state index in [9.17, 15) is 0 Å². The summed E-state index contributed by atoms with van der Waals surface area (Å²) in [6.07, 6.45) is 2.79. The van der Waals surface area contributed by atoms with Gasteiger partial charge in [0, 0.05) is 30.7 Å². The highest BCUT2D eigenvalue weighted by atomic mass is 16.5. The maximum absolute atomic E-state index is 6.36. The molecule has 4 heteroatoms. The summed E-state index contributed by atoms with van der Waals surface area (Å²) >= 11 is 0. The van der Waals surface area contributed by atoms with E-state index in [4.69, 9.17) is 10.5 Å². The van der Waals surface area contributed by atoms with E-state index in [1.807, 2.05) is 24.4 Å². The Hall–Kier alpha value is -1.49. The van der Waals surface area contributed by atoms with Gasteiger partial charge in [0.15, 0.2) is 0 Å². The molecule has 3 rings (SSSR count). The minimum Gasteiger partial charge on any atom is -0.374 e. The number of pyridine rings is 1. The van der Waals surface area contributed by atoms with Crippen LogP contribution in [0.4, 0.5) is 0 Å². The molecule has 2 N–H and O–H groups in total. The van der Waals surface area contributed by atoms with Gasteiger partial charge in [-0.1, -0.05) is 18.2 Å². The second-order valence-electron chi connectivity index (χ2n) is 5.53. The fourth-order valence-corrected chi connectivity index (χ4v) is 2.79. The summed E-state index contributed by atoms with van der Waals surface area (Å²) in [6, 6.07) is 10.3. The second kappa shape index (κ2) is 5.87. The van der Waals surface area contributed by atoms with E-state index >= 15 is 0 Å². The van der Waals surface area contributed by atoms with Crippen molar-refractivity contribution in [1.82, 2.24) is 9.88 Å². The van der Waals surface area contributed by atoms with Crippen LogP contribution in [0, 0.1) is 0 Å². The molecule has 0 spiro atoms. The molecular weight excluding hydrogens is 250 g/mol. The van der Waals surface area contributed by atoms with Gasteiger partial charge in [-0.3, -0.25) is 4.98 Å². The van der Waals surface area contributed by atoms with Crippen LogP contribution in [0.2, 0.25) is 0 Å². The maximum Gasteiger partial charge on any atom is 0.0856 e. The molecule has 20 heavy (non-hydrogen) atoms. The molecule has 0 aliphatic carbocycles. The van der Waals surface area contributed by atoms with Crippen molar-refractivity contribution in [1.29, 1.82) is 0 Å². The van der Waals surface area contributed by atoms with Crippen LogP contribution in [-0.4, -0.2) is 48.8 Å². The van der Waals surface area contributed by atoms with Crippen LogP contribution in [0.5, 0.6) is 0 Å². The van der Waals surface area contributed by atoms with Gasteiger partial charge in [0.2, 0.25) is 0 Å². The number of morpholine rings is 1. The number of fused-ring (bicyclic) bond motifs is 1.